The van der Waals surface area contributed by atoms with Gasteiger partial charge in [-0.25, -0.2) is 0 Å². The zero-order valence-electron chi connectivity index (χ0n) is 14.9. The fourth-order valence-electron chi connectivity index (χ4n) is 3.76. The first kappa shape index (κ1) is 17.7. The highest BCUT2D eigenvalue weighted by molar-refractivity contribution is 5.79. The van der Waals surface area contributed by atoms with E-state index < -0.39 is 0 Å². The summed E-state index contributed by atoms with van der Waals surface area (Å²) in [4.78, 5) is 12.6. The van der Waals surface area contributed by atoms with E-state index in [4.69, 9.17) is 5.73 Å². The molecular formula is C22H28N2O. The topological polar surface area (TPSA) is 55.1 Å². The van der Waals surface area contributed by atoms with Gasteiger partial charge < -0.3 is 11.1 Å². The van der Waals surface area contributed by atoms with Crippen molar-refractivity contribution in [2.24, 2.45) is 11.7 Å². The van der Waals surface area contributed by atoms with Crippen LogP contribution in [-0.4, -0.2) is 11.9 Å². The minimum Gasteiger partial charge on any atom is -0.353 e. The number of hydrogen-bond donors (Lipinski definition) is 2. The summed E-state index contributed by atoms with van der Waals surface area (Å²) in [5, 5.41) is 3.22. The first-order chi connectivity index (χ1) is 12.1. The van der Waals surface area contributed by atoms with Gasteiger partial charge in [0.25, 0.3) is 0 Å². The first-order valence-electron chi connectivity index (χ1n) is 9.31. The molecule has 0 aliphatic heterocycles. The van der Waals surface area contributed by atoms with Crippen LogP contribution < -0.4 is 11.1 Å². The number of benzene rings is 2. The van der Waals surface area contributed by atoms with Crippen molar-refractivity contribution in [1.29, 1.82) is 0 Å². The molecule has 3 heteroatoms. The van der Waals surface area contributed by atoms with Gasteiger partial charge in [0.15, 0.2) is 0 Å². The monoisotopic (exact) mass is 336 g/mol. The van der Waals surface area contributed by atoms with Gasteiger partial charge >= 0.3 is 0 Å². The number of rotatable bonds is 5. The SMILES string of the molecule is CC(C(=O)NC1CCC(c2ccccc2)CC1)C(N)c1ccccc1. The van der Waals surface area contributed by atoms with E-state index in [1.807, 2.05) is 37.3 Å². The number of hydrogen-bond acceptors (Lipinski definition) is 2. The number of carbonyl (C=O) groups excluding carboxylic acids is 1. The lowest BCUT2D eigenvalue weighted by Gasteiger charge is -2.31. The number of nitrogens with one attached hydrogen (secondary N) is 1. The predicted octanol–water partition coefficient (Wildman–Crippen LogP) is 4.17. The molecule has 132 valence electrons. The van der Waals surface area contributed by atoms with Crippen LogP contribution >= 0.6 is 0 Å². The van der Waals surface area contributed by atoms with E-state index in [2.05, 4.69) is 35.6 Å². The minimum atomic E-state index is -0.262. The van der Waals surface area contributed by atoms with Crippen LogP contribution in [0, 0.1) is 5.92 Å². The van der Waals surface area contributed by atoms with E-state index in [-0.39, 0.29) is 23.9 Å². The van der Waals surface area contributed by atoms with Gasteiger partial charge in [0, 0.05) is 12.1 Å². The highest BCUT2D eigenvalue weighted by Crippen LogP contribution is 2.33. The van der Waals surface area contributed by atoms with E-state index >= 15 is 0 Å². The summed E-state index contributed by atoms with van der Waals surface area (Å²) >= 11 is 0. The van der Waals surface area contributed by atoms with Crippen molar-refractivity contribution in [3.63, 3.8) is 0 Å². The van der Waals surface area contributed by atoms with Crippen LogP contribution in [0.1, 0.15) is 55.7 Å². The number of nitrogens with two attached hydrogens (primary N) is 1. The molecule has 1 saturated carbocycles. The molecule has 25 heavy (non-hydrogen) atoms. The Kier molecular flexibility index (Phi) is 5.87. The quantitative estimate of drug-likeness (QED) is 0.861. The Morgan fingerprint density at radius 1 is 0.960 bits per heavy atom. The van der Waals surface area contributed by atoms with Gasteiger partial charge in [0.1, 0.15) is 0 Å². The van der Waals surface area contributed by atoms with Crippen molar-refractivity contribution in [2.45, 2.75) is 50.6 Å². The van der Waals surface area contributed by atoms with E-state index in [1.54, 1.807) is 0 Å². The lowest BCUT2D eigenvalue weighted by Crippen LogP contribution is -2.42. The molecule has 0 heterocycles. The molecule has 3 N–H and O–H groups in total. The first-order valence-corrected chi connectivity index (χ1v) is 9.31. The Bertz CT molecular complexity index is 663. The summed E-state index contributed by atoms with van der Waals surface area (Å²) in [6.45, 7) is 1.92. The lowest BCUT2D eigenvalue weighted by molar-refractivity contribution is -0.126. The normalized spacial score (nSPS) is 22.8. The molecule has 3 nitrogen and oxygen atoms in total. The third kappa shape index (κ3) is 4.49. The maximum absolute atomic E-state index is 12.6. The van der Waals surface area contributed by atoms with Gasteiger partial charge in [-0.1, -0.05) is 67.6 Å². The summed E-state index contributed by atoms with van der Waals surface area (Å²) < 4.78 is 0. The van der Waals surface area contributed by atoms with E-state index in [1.165, 1.54) is 5.56 Å². The second-order valence-electron chi connectivity index (χ2n) is 7.19. The lowest BCUT2D eigenvalue weighted by atomic mass is 9.81. The smallest absolute Gasteiger partial charge is 0.224 e. The average Bonchev–Trinajstić information content (AvgIpc) is 2.68. The van der Waals surface area contributed by atoms with Crippen molar-refractivity contribution in [2.75, 3.05) is 0 Å². The second-order valence-corrected chi connectivity index (χ2v) is 7.19. The van der Waals surface area contributed by atoms with Crippen LogP contribution in [0.4, 0.5) is 0 Å². The van der Waals surface area contributed by atoms with Crippen molar-refractivity contribution < 1.29 is 4.79 Å². The van der Waals surface area contributed by atoms with Crippen LogP contribution in [0.5, 0.6) is 0 Å². The van der Waals surface area contributed by atoms with Crippen LogP contribution in [0.15, 0.2) is 60.7 Å². The molecule has 1 aliphatic carbocycles. The Hall–Kier alpha value is -2.13. The van der Waals surface area contributed by atoms with Gasteiger partial charge in [-0.2, -0.15) is 0 Å². The maximum atomic E-state index is 12.6. The van der Waals surface area contributed by atoms with Gasteiger partial charge in [-0.3, -0.25) is 4.79 Å². The number of amides is 1. The van der Waals surface area contributed by atoms with Crippen LogP contribution in [0.2, 0.25) is 0 Å². The zero-order valence-corrected chi connectivity index (χ0v) is 14.9. The average molecular weight is 336 g/mol. The summed E-state index contributed by atoms with van der Waals surface area (Å²) in [5.41, 5.74) is 8.72. The van der Waals surface area contributed by atoms with E-state index in [9.17, 15) is 4.79 Å². The molecule has 0 saturated heterocycles. The van der Waals surface area contributed by atoms with Crippen LogP contribution in [-0.2, 0) is 4.79 Å². The largest absolute Gasteiger partial charge is 0.353 e. The fraction of sp³-hybridized carbons (Fsp3) is 0.409. The van der Waals surface area contributed by atoms with Crippen molar-refractivity contribution in [3.8, 4) is 0 Å². The molecule has 3 rings (SSSR count). The highest BCUT2D eigenvalue weighted by atomic mass is 16.1. The number of carbonyl (C=O) groups is 1. The molecule has 1 aliphatic rings. The maximum Gasteiger partial charge on any atom is 0.224 e. The summed E-state index contributed by atoms with van der Waals surface area (Å²) in [7, 11) is 0. The standard InChI is InChI=1S/C22H28N2O/c1-16(21(23)19-10-6-3-7-11-19)22(25)24-20-14-12-18(13-15-20)17-8-4-2-5-9-17/h2-11,16,18,20-21H,12-15,23H2,1H3,(H,24,25). The van der Waals surface area contributed by atoms with Gasteiger partial charge in [-0.05, 0) is 42.7 Å². The molecule has 0 spiro atoms. The zero-order chi connectivity index (χ0) is 17.6. The molecule has 2 atom stereocenters. The molecule has 2 aromatic rings. The molecule has 0 aromatic heterocycles. The molecular weight excluding hydrogens is 308 g/mol. The highest BCUT2D eigenvalue weighted by Gasteiger charge is 2.27. The Labute approximate surface area is 150 Å². The van der Waals surface area contributed by atoms with E-state index in [0.29, 0.717) is 5.92 Å². The molecule has 2 unspecified atom stereocenters. The summed E-state index contributed by atoms with van der Waals surface area (Å²) in [5.74, 6) is 0.465. The molecule has 2 aromatic carbocycles. The second kappa shape index (κ2) is 8.30. The summed E-state index contributed by atoms with van der Waals surface area (Å²) in [6, 6.07) is 20.6. The van der Waals surface area contributed by atoms with Crippen LogP contribution in [0.25, 0.3) is 0 Å². The third-order valence-corrected chi connectivity index (χ3v) is 5.48. The predicted molar refractivity (Wildman–Crippen MR) is 102 cm³/mol. The van der Waals surface area contributed by atoms with Gasteiger partial charge in [0.05, 0.1) is 5.92 Å². The minimum absolute atomic E-state index is 0.0690. The third-order valence-electron chi connectivity index (χ3n) is 5.48. The molecule has 0 radical (unpaired) electrons. The molecule has 1 amide bonds. The van der Waals surface area contributed by atoms with E-state index in [0.717, 1.165) is 31.2 Å². The fourth-order valence-corrected chi connectivity index (χ4v) is 3.76. The van der Waals surface area contributed by atoms with Crippen molar-refractivity contribution in [1.82, 2.24) is 5.32 Å². The molecule has 0 bridgehead atoms. The Morgan fingerprint density at radius 2 is 1.52 bits per heavy atom. The van der Waals surface area contributed by atoms with Gasteiger partial charge in [-0.15, -0.1) is 0 Å². The van der Waals surface area contributed by atoms with Crippen LogP contribution in [0.3, 0.4) is 0 Å². The molecule has 1 fully saturated rings. The van der Waals surface area contributed by atoms with Crippen molar-refractivity contribution >= 4 is 5.91 Å². The van der Waals surface area contributed by atoms with Crippen molar-refractivity contribution in [3.05, 3.63) is 71.8 Å². The van der Waals surface area contributed by atoms with Gasteiger partial charge in [0.2, 0.25) is 5.91 Å². The Balaban J connectivity index is 1.50. The Morgan fingerprint density at radius 3 is 2.12 bits per heavy atom. The summed E-state index contributed by atoms with van der Waals surface area (Å²) in [6.07, 6.45) is 4.35.